The number of aromatic nitrogens is 1. The largest absolute Gasteiger partial charge is 0.372 e. The average molecular weight is 377 g/mol. The van der Waals surface area contributed by atoms with E-state index >= 15 is 0 Å². The molecule has 1 saturated heterocycles. The number of nitrogens with zero attached hydrogens (tertiary/aromatic N) is 1. The van der Waals surface area contributed by atoms with E-state index in [0.29, 0.717) is 19.5 Å². The molecule has 3 atom stereocenters. The number of hydrogen-bond acceptors (Lipinski definition) is 2. The summed E-state index contributed by atoms with van der Waals surface area (Å²) in [6, 6.07) is 18.8. The minimum Gasteiger partial charge on any atom is -0.372 e. The second-order valence-corrected chi connectivity index (χ2v) is 7.94. The van der Waals surface area contributed by atoms with E-state index in [1.807, 2.05) is 30.9 Å². The number of rotatable bonds is 5. The van der Waals surface area contributed by atoms with Crippen molar-refractivity contribution in [2.24, 2.45) is 0 Å². The third kappa shape index (κ3) is 4.12. The first-order valence-electron chi connectivity index (χ1n) is 10.1. The number of aromatic amines is 1. The van der Waals surface area contributed by atoms with Crippen LogP contribution in [-0.4, -0.2) is 41.1 Å². The van der Waals surface area contributed by atoms with Crippen LogP contribution < -0.4 is 0 Å². The molecule has 1 aliphatic heterocycles. The fourth-order valence-electron chi connectivity index (χ4n) is 4.34. The fourth-order valence-corrected chi connectivity index (χ4v) is 4.34. The number of carbonyl (C=O) groups is 1. The number of hydrogen-bond donors (Lipinski definition) is 1. The first-order chi connectivity index (χ1) is 13.6. The minimum absolute atomic E-state index is 0.0911. The summed E-state index contributed by atoms with van der Waals surface area (Å²) in [6.07, 6.45) is 3.62. The van der Waals surface area contributed by atoms with Crippen molar-refractivity contribution in [3.63, 3.8) is 0 Å². The number of morpholine rings is 1. The standard InChI is InChI=1S/C24H28N2O2/c1-17-15-26(16-18(2)28-17)24(27)13-20(12-19-8-4-3-5-9-19)22-14-25-23-11-7-6-10-21(22)23/h3-11,14,17-18,20,25H,12-13,15-16H2,1-2H3. The van der Waals surface area contributed by atoms with Crippen molar-refractivity contribution >= 4 is 16.8 Å². The van der Waals surface area contributed by atoms with Crippen LogP contribution in [-0.2, 0) is 16.0 Å². The van der Waals surface area contributed by atoms with Crippen molar-refractivity contribution in [1.82, 2.24) is 9.88 Å². The normalized spacial score (nSPS) is 21.0. The third-order valence-corrected chi connectivity index (χ3v) is 5.58. The molecule has 0 radical (unpaired) electrons. The number of para-hydroxylation sites is 1. The van der Waals surface area contributed by atoms with Gasteiger partial charge in [0.15, 0.2) is 0 Å². The zero-order chi connectivity index (χ0) is 19.5. The first kappa shape index (κ1) is 18.8. The van der Waals surface area contributed by atoms with Crippen molar-refractivity contribution in [3.8, 4) is 0 Å². The van der Waals surface area contributed by atoms with E-state index in [1.165, 1.54) is 16.5 Å². The molecule has 0 aliphatic carbocycles. The molecule has 2 aromatic carbocycles. The molecule has 146 valence electrons. The van der Waals surface area contributed by atoms with E-state index in [9.17, 15) is 4.79 Å². The SMILES string of the molecule is CC1CN(C(=O)CC(Cc2ccccc2)c2c[nH]c3ccccc23)CC(C)O1. The van der Waals surface area contributed by atoms with Crippen LogP contribution in [0.3, 0.4) is 0 Å². The molecule has 28 heavy (non-hydrogen) atoms. The number of amides is 1. The fraction of sp³-hybridized carbons (Fsp3) is 0.375. The lowest BCUT2D eigenvalue weighted by Gasteiger charge is -2.36. The lowest BCUT2D eigenvalue weighted by Crippen LogP contribution is -2.48. The Morgan fingerprint density at radius 3 is 2.50 bits per heavy atom. The monoisotopic (exact) mass is 376 g/mol. The summed E-state index contributed by atoms with van der Waals surface area (Å²) < 4.78 is 5.80. The highest BCUT2D eigenvalue weighted by Crippen LogP contribution is 2.31. The molecule has 1 fully saturated rings. The van der Waals surface area contributed by atoms with E-state index in [2.05, 4.69) is 53.6 Å². The Balaban J connectivity index is 1.60. The van der Waals surface area contributed by atoms with Gasteiger partial charge in [0, 0.05) is 36.6 Å². The third-order valence-electron chi connectivity index (χ3n) is 5.58. The Kier molecular flexibility index (Phi) is 5.49. The van der Waals surface area contributed by atoms with E-state index in [1.54, 1.807) is 0 Å². The minimum atomic E-state index is 0.0911. The van der Waals surface area contributed by atoms with Crippen molar-refractivity contribution in [2.75, 3.05) is 13.1 Å². The number of H-pyrrole nitrogens is 1. The van der Waals surface area contributed by atoms with Crippen LogP contribution in [0.2, 0.25) is 0 Å². The molecule has 4 heteroatoms. The van der Waals surface area contributed by atoms with Crippen molar-refractivity contribution in [1.29, 1.82) is 0 Å². The van der Waals surface area contributed by atoms with Gasteiger partial charge in [0.25, 0.3) is 0 Å². The van der Waals surface area contributed by atoms with Crippen LogP contribution in [0.5, 0.6) is 0 Å². The van der Waals surface area contributed by atoms with Gasteiger partial charge in [-0.05, 0) is 43.4 Å². The highest BCUT2D eigenvalue weighted by atomic mass is 16.5. The van der Waals surface area contributed by atoms with Crippen LogP contribution in [0.15, 0.2) is 60.8 Å². The van der Waals surface area contributed by atoms with Crippen LogP contribution in [0.25, 0.3) is 10.9 Å². The smallest absolute Gasteiger partial charge is 0.223 e. The van der Waals surface area contributed by atoms with Gasteiger partial charge in [0.2, 0.25) is 5.91 Å². The van der Waals surface area contributed by atoms with E-state index in [0.717, 1.165) is 11.9 Å². The Hall–Kier alpha value is -2.59. The Labute approximate surface area is 166 Å². The molecule has 3 unspecified atom stereocenters. The first-order valence-corrected chi connectivity index (χ1v) is 10.1. The maximum Gasteiger partial charge on any atom is 0.223 e. The van der Waals surface area contributed by atoms with E-state index in [-0.39, 0.29) is 24.0 Å². The number of benzene rings is 2. The van der Waals surface area contributed by atoms with Crippen LogP contribution in [0.4, 0.5) is 0 Å². The summed E-state index contributed by atoms with van der Waals surface area (Å²) in [5.41, 5.74) is 3.60. The summed E-state index contributed by atoms with van der Waals surface area (Å²) in [4.78, 5) is 18.5. The van der Waals surface area contributed by atoms with E-state index < -0.39 is 0 Å². The average Bonchev–Trinajstić information content (AvgIpc) is 3.11. The summed E-state index contributed by atoms with van der Waals surface area (Å²) in [6.45, 7) is 5.43. The lowest BCUT2D eigenvalue weighted by molar-refractivity contribution is -0.143. The van der Waals surface area contributed by atoms with Crippen molar-refractivity contribution < 1.29 is 9.53 Å². The van der Waals surface area contributed by atoms with Gasteiger partial charge in [-0.15, -0.1) is 0 Å². The maximum atomic E-state index is 13.2. The number of nitrogens with one attached hydrogen (secondary N) is 1. The molecular weight excluding hydrogens is 348 g/mol. The Bertz CT molecular complexity index is 924. The molecule has 0 spiro atoms. The molecule has 1 aromatic heterocycles. The summed E-state index contributed by atoms with van der Waals surface area (Å²) in [5.74, 6) is 0.354. The molecule has 1 N–H and O–H groups in total. The quantitative estimate of drug-likeness (QED) is 0.712. The van der Waals surface area contributed by atoms with Gasteiger partial charge in [-0.3, -0.25) is 4.79 Å². The molecule has 0 bridgehead atoms. The highest BCUT2D eigenvalue weighted by molar-refractivity contribution is 5.85. The van der Waals surface area contributed by atoms with Gasteiger partial charge >= 0.3 is 0 Å². The second kappa shape index (κ2) is 8.19. The lowest BCUT2D eigenvalue weighted by atomic mass is 9.88. The number of fused-ring (bicyclic) bond motifs is 1. The molecular formula is C24H28N2O2. The molecule has 1 aliphatic rings. The van der Waals surface area contributed by atoms with Gasteiger partial charge in [-0.2, -0.15) is 0 Å². The molecule has 2 heterocycles. The summed E-state index contributed by atoms with van der Waals surface area (Å²) in [5, 5.41) is 1.21. The van der Waals surface area contributed by atoms with Crippen LogP contribution in [0.1, 0.15) is 37.3 Å². The predicted octanol–water partition coefficient (Wildman–Crippen LogP) is 4.52. The van der Waals surface area contributed by atoms with Gasteiger partial charge in [0.05, 0.1) is 12.2 Å². The maximum absolute atomic E-state index is 13.2. The summed E-state index contributed by atoms with van der Waals surface area (Å²) >= 11 is 0. The van der Waals surface area contributed by atoms with Crippen molar-refractivity contribution in [3.05, 3.63) is 71.9 Å². The second-order valence-electron chi connectivity index (χ2n) is 7.94. The Morgan fingerprint density at radius 1 is 1.07 bits per heavy atom. The van der Waals surface area contributed by atoms with Gasteiger partial charge in [-0.25, -0.2) is 0 Å². The Morgan fingerprint density at radius 2 is 1.75 bits per heavy atom. The summed E-state index contributed by atoms with van der Waals surface area (Å²) in [7, 11) is 0. The predicted molar refractivity (Wildman–Crippen MR) is 112 cm³/mol. The van der Waals surface area contributed by atoms with Crippen molar-refractivity contribution in [2.45, 2.75) is 44.8 Å². The molecule has 4 nitrogen and oxygen atoms in total. The topological polar surface area (TPSA) is 45.3 Å². The number of carbonyl (C=O) groups excluding carboxylic acids is 1. The number of ether oxygens (including phenoxy) is 1. The van der Waals surface area contributed by atoms with E-state index in [4.69, 9.17) is 4.74 Å². The van der Waals surface area contributed by atoms with Crippen LogP contribution in [0, 0.1) is 0 Å². The zero-order valence-electron chi connectivity index (χ0n) is 16.6. The molecule has 1 amide bonds. The van der Waals surface area contributed by atoms with Crippen LogP contribution >= 0.6 is 0 Å². The van der Waals surface area contributed by atoms with Gasteiger partial charge in [-0.1, -0.05) is 48.5 Å². The molecule has 0 saturated carbocycles. The molecule has 3 aromatic rings. The zero-order valence-corrected chi connectivity index (χ0v) is 16.6. The molecule has 4 rings (SSSR count). The van der Waals surface area contributed by atoms with Gasteiger partial charge in [0.1, 0.15) is 0 Å². The van der Waals surface area contributed by atoms with Gasteiger partial charge < -0.3 is 14.6 Å². The highest BCUT2D eigenvalue weighted by Gasteiger charge is 2.28.